The summed E-state index contributed by atoms with van der Waals surface area (Å²) in [5.74, 6) is 0.0558. The minimum absolute atomic E-state index is 0.0558. The van der Waals surface area contributed by atoms with Crippen molar-refractivity contribution in [2.75, 3.05) is 5.73 Å². The van der Waals surface area contributed by atoms with Gasteiger partial charge in [-0.1, -0.05) is 11.6 Å². The standard InChI is InChI=1S/C12H10ClNOS/c13-10-6-9(1-2-11(10)14)12(15)5-8-3-4-16-7-8/h1-4,6-7H,5,14H2. The van der Waals surface area contributed by atoms with Crippen LogP contribution in [0.5, 0.6) is 0 Å². The number of hydrogen-bond acceptors (Lipinski definition) is 3. The van der Waals surface area contributed by atoms with Crippen LogP contribution < -0.4 is 5.73 Å². The normalized spacial score (nSPS) is 10.3. The van der Waals surface area contributed by atoms with Crippen LogP contribution in [0.25, 0.3) is 0 Å². The van der Waals surface area contributed by atoms with Gasteiger partial charge in [-0.3, -0.25) is 4.79 Å². The molecule has 0 fully saturated rings. The lowest BCUT2D eigenvalue weighted by Gasteiger charge is -2.02. The zero-order valence-electron chi connectivity index (χ0n) is 8.44. The molecule has 0 radical (unpaired) electrons. The Morgan fingerprint density at radius 1 is 1.38 bits per heavy atom. The van der Waals surface area contributed by atoms with Crippen LogP contribution in [0.15, 0.2) is 35.0 Å². The van der Waals surface area contributed by atoms with Gasteiger partial charge < -0.3 is 5.73 Å². The first-order valence-corrected chi connectivity index (χ1v) is 6.08. The topological polar surface area (TPSA) is 43.1 Å². The monoisotopic (exact) mass is 251 g/mol. The molecule has 0 aliphatic rings. The molecule has 1 aromatic heterocycles. The van der Waals surface area contributed by atoms with Gasteiger partial charge in [0.1, 0.15) is 0 Å². The highest BCUT2D eigenvalue weighted by Crippen LogP contribution is 2.21. The Labute approximate surface area is 103 Å². The van der Waals surface area contributed by atoms with Crippen LogP contribution in [-0.4, -0.2) is 5.78 Å². The summed E-state index contributed by atoms with van der Waals surface area (Å²) in [6.45, 7) is 0. The molecule has 2 rings (SSSR count). The van der Waals surface area contributed by atoms with Crippen LogP contribution in [0.2, 0.25) is 5.02 Å². The summed E-state index contributed by atoms with van der Waals surface area (Å²) in [5.41, 5.74) is 7.71. The molecule has 1 heterocycles. The molecule has 0 saturated heterocycles. The minimum atomic E-state index is 0.0558. The van der Waals surface area contributed by atoms with Gasteiger partial charge in [-0.05, 0) is 40.6 Å². The van der Waals surface area contributed by atoms with Gasteiger partial charge in [0, 0.05) is 12.0 Å². The minimum Gasteiger partial charge on any atom is -0.398 e. The lowest BCUT2D eigenvalue weighted by atomic mass is 10.0. The molecule has 82 valence electrons. The second-order valence-corrected chi connectivity index (χ2v) is 4.66. The lowest BCUT2D eigenvalue weighted by molar-refractivity contribution is 0.0993. The fourth-order valence-corrected chi connectivity index (χ4v) is 2.23. The van der Waals surface area contributed by atoms with Crippen molar-refractivity contribution in [3.05, 3.63) is 51.2 Å². The maximum Gasteiger partial charge on any atom is 0.167 e. The number of benzene rings is 1. The molecule has 0 amide bonds. The summed E-state index contributed by atoms with van der Waals surface area (Å²) < 4.78 is 0. The molecule has 2 nitrogen and oxygen atoms in total. The van der Waals surface area contributed by atoms with Crippen molar-refractivity contribution in [2.24, 2.45) is 0 Å². The van der Waals surface area contributed by atoms with E-state index in [2.05, 4.69) is 0 Å². The van der Waals surface area contributed by atoms with Crippen molar-refractivity contribution in [1.82, 2.24) is 0 Å². The SMILES string of the molecule is Nc1ccc(C(=O)Cc2ccsc2)cc1Cl. The highest BCUT2D eigenvalue weighted by molar-refractivity contribution is 7.08. The number of nitrogen functional groups attached to an aromatic ring is 1. The van der Waals surface area contributed by atoms with Crippen molar-refractivity contribution in [2.45, 2.75) is 6.42 Å². The van der Waals surface area contributed by atoms with E-state index in [4.69, 9.17) is 17.3 Å². The zero-order valence-corrected chi connectivity index (χ0v) is 10.0. The van der Waals surface area contributed by atoms with Gasteiger partial charge in [0.15, 0.2) is 5.78 Å². The number of rotatable bonds is 3. The first-order chi connectivity index (χ1) is 7.66. The maximum absolute atomic E-state index is 11.9. The molecule has 0 aliphatic heterocycles. The molecule has 0 unspecified atom stereocenters. The third kappa shape index (κ3) is 2.43. The van der Waals surface area contributed by atoms with E-state index in [9.17, 15) is 4.79 Å². The third-order valence-electron chi connectivity index (χ3n) is 2.27. The Morgan fingerprint density at radius 2 is 2.19 bits per heavy atom. The number of nitrogens with two attached hydrogens (primary N) is 1. The summed E-state index contributed by atoms with van der Waals surface area (Å²) in [6, 6.07) is 6.92. The smallest absolute Gasteiger partial charge is 0.167 e. The first kappa shape index (κ1) is 11.2. The number of ketones is 1. The van der Waals surface area contributed by atoms with Crippen LogP contribution in [0.1, 0.15) is 15.9 Å². The second-order valence-electron chi connectivity index (χ2n) is 3.47. The quantitative estimate of drug-likeness (QED) is 0.671. The van der Waals surface area contributed by atoms with Crippen molar-refractivity contribution in [1.29, 1.82) is 0 Å². The van der Waals surface area contributed by atoms with Gasteiger partial charge >= 0.3 is 0 Å². The maximum atomic E-state index is 11.9. The molecule has 4 heteroatoms. The molecule has 0 aliphatic carbocycles. The highest BCUT2D eigenvalue weighted by Gasteiger charge is 2.08. The van der Waals surface area contributed by atoms with Gasteiger partial charge in [-0.15, -0.1) is 0 Å². The van der Waals surface area contributed by atoms with E-state index in [1.54, 1.807) is 29.5 Å². The van der Waals surface area contributed by atoms with E-state index in [1.807, 2.05) is 16.8 Å². The van der Waals surface area contributed by atoms with E-state index in [-0.39, 0.29) is 5.78 Å². The summed E-state index contributed by atoms with van der Waals surface area (Å²) >= 11 is 7.45. The Balaban J connectivity index is 2.18. The van der Waals surface area contributed by atoms with E-state index in [1.165, 1.54) is 0 Å². The number of carbonyl (C=O) groups is 1. The number of anilines is 1. The fourth-order valence-electron chi connectivity index (χ4n) is 1.38. The van der Waals surface area contributed by atoms with Crippen LogP contribution in [0.4, 0.5) is 5.69 Å². The summed E-state index contributed by atoms with van der Waals surface area (Å²) in [6.07, 6.45) is 0.406. The van der Waals surface area contributed by atoms with Gasteiger partial charge in [0.2, 0.25) is 0 Å². The molecule has 1 aromatic carbocycles. The van der Waals surface area contributed by atoms with E-state index < -0.39 is 0 Å². The molecule has 0 spiro atoms. The Bertz CT molecular complexity index is 508. The van der Waals surface area contributed by atoms with Crippen LogP contribution in [0, 0.1) is 0 Å². The van der Waals surface area contributed by atoms with Gasteiger partial charge in [0.25, 0.3) is 0 Å². The molecule has 0 atom stereocenters. The van der Waals surface area contributed by atoms with Crippen LogP contribution >= 0.6 is 22.9 Å². The van der Waals surface area contributed by atoms with Gasteiger partial charge in [-0.25, -0.2) is 0 Å². The van der Waals surface area contributed by atoms with E-state index in [0.717, 1.165) is 5.56 Å². The molecule has 0 saturated carbocycles. The highest BCUT2D eigenvalue weighted by atomic mass is 35.5. The Hall–Kier alpha value is -1.32. The summed E-state index contributed by atoms with van der Waals surface area (Å²) in [7, 11) is 0. The Morgan fingerprint density at radius 3 is 2.81 bits per heavy atom. The molecule has 2 N–H and O–H groups in total. The van der Waals surface area contributed by atoms with E-state index in [0.29, 0.717) is 22.7 Å². The predicted molar refractivity (Wildman–Crippen MR) is 68.2 cm³/mol. The van der Waals surface area contributed by atoms with Gasteiger partial charge in [-0.2, -0.15) is 11.3 Å². The first-order valence-electron chi connectivity index (χ1n) is 4.76. The Kier molecular flexibility index (Phi) is 3.27. The number of thiophene rings is 1. The molecule has 16 heavy (non-hydrogen) atoms. The van der Waals surface area contributed by atoms with Crippen LogP contribution in [0.3, 0.4) is 0 Å². The number of hydrogen-bond donors (Lipinski definition) is 1. The van der Waals surface area contributed by atoms with Crippen LogP contribution in [-0.2, 0) is 6.42 Å². The van der Waals surface area contributed by atoms with Crippen molar-refractivity contribution in [3.63, 3.8) is 0 Å². The number of Topliss-reactive ketones (excluding diaryl/α,β-unsaturated/α-hetero) is 1. The number of halogens is 1. The molecular weight excluding hydrogens is 242 g/mol. The zero-order chi connectivity index (χ0) is 11.5. The van der Waals surface area contributed by atoms with Crippen molar-refractivity contribution < 1.29 is 4.79 Å². The van der Waals surface area contributed by atoms with Crippen molar-refractivity contribution in [3.8, 4) is 0 Å². The molecule has 0 bridgehead atoms. The molecule has 2 aromatic rings. The third-order valence-corrected chi connectivity index (χ3v) is 3.33. The summed E-state index contributed by atoms with van der Waals surface area (Å²) in [5, 5.41) is 4.35. The molecular formula is C12H10ClNOS. The largest absolute Gasteiger partial charge is 0.398 e. The predicted octanol–water partition coefficient (Wildman–Crippen LogP) is 3.41. The van der Waals surface area contributed by atoms with E-state index >= 15 is 0 Å². The fraction of sp³-hybridized carbons (Fsp3) is 0.0833. The van der Waals surface area contributed by atoms with Gasteiger partial charge in [0.05, 0.1) is 10.7 Å². The average molecular weight is 252 g/mol. The lowest BCUT2D eigenvalue weighted by Crippen LogP contribution is -2.03. The second kappa shape index (κ2) is 4.68. The summed E-state index contributed by atoms with van der Waals surface area (Å²) in [4.78, 5) is 11.9. The van der Waals surface area contributed by atoms with Crippen molar-refractivity contribution >= 4 is 34.4 Å². The average Bonchev–Trinajstić information content (AvgIpc) is 2.74. The number of carbonyl (C=O) groups excluding carboxylic acids is 1.